The molecule has 0 aromatic heterocycles. The topological polar surface area (TPSA) is 53.2 Å². The summed E-state index contributed by atoms with van der Waals surface area (Å²) < 4.78 is 0. The number of hydrogen-bond donors (Lipinski definition) is 3. The van der Waals surface area contributed by atoms with Crippen LogP contribution in [0.1, 0.15) is 33.3 Å². The van der Waals surface area contributed by atoms with Crippen LogP contribution in [0.4, 0.5) is 10.5 Å². The number of carbonyl (C=O) groups excluding carboxylic acids is 1. The molecule has 1 aromatic carbocycles. The zero-order valence-corrected chi connectivity index (χ0v) is 11.6. The summed E-state index contributed by atoms with van der Waals surface area (Å²) in [5, 5.41) is 8.96. The predicted molar refractivity (Wildman–Crippen MR) is 75.7 cm³/mol. The summed E-state index contributed by atoms with van der Waals surface area (Å²) >= 11 is 0. The second kappa shape index (κ2) is 6.40. The van der Waals surface area contributed by atoms with Crippen LogP contribution in [0.2, 0.25) is 0 Å². The molecule has 1 aromatic rings. The van der Waals surface area contributed by atoms with Gasteiger partial charge in [0.2, 0.25) is 0 Å². The molecule has 0 heterocycles. The van der Waals surface area contributed by atoms with E-state index in [1.54, 1.807) is 0 Å². The molecule has 0 fully saturated rings. The van der Waals surface area contributed by atoms with Crippen molar-refractivity contribution in [3.63, 3.8) is 0 Å². The summed E-state index contributed by atoms with van der Waals surface area (Å²) in [5.74, 6) is 0. The molecular formula is C14H23N3O. The lowest BCUT2D eigenvalue weighted by atomic mass is 10.1. The van der Waals surface area contributed by atoms with Crippen molar-refractivity contribution in [2.75, 3.05) is 11.9 Å². The first-order chi connectivity index (χ1) is 8.40. The van der Waals surface area contributed by atoms with Crippen LogP contribution in [-0.2, 0) is 6.54 Å². The van der Waals surface area contributed by atoms with Gasteiger partial charge in [-0.1, -0.05) is 19.1 Å². The first kappa shape index (κ1) is 14.5. The molecule has 4 heteroatoms. The first-order valence-electron chi connectivity index (χ1n) is 6.29. The molecule has 0 saturated carbocycles. The van der Waals surface area contributed by atoms with Crippen LogP contribution < -0.4 is 16.0 Å². The molecule has 2 amide bonds. The van der Waals surface area contributed by atoms with Crippen LogP contribution in [-0.4, -0.2) is 18.1 Å². The van der Waals surface area contributed by atoms with Crippen LogP contribution in [0, 0.1) is 0 Å². The molecule has 0 aliphatic carbocycles. The average molecular weight is 249 g/mol. The van der Waals surface area contributed by atoms with Crippen molar-refractivity contribution in [3.05, 3.63) is 29.8 Å². The van der Waals surface area contributed by atoms with Gasteiger partial charge in [-0.2, -0.15) is 0 Å². The molecule has 0 saturated heterocycles. The lowest BCUT2D eigenvalue weighted by Crippen LogP contribution is -2.43. The number of urea groups is 1. The van der Waals surface area contributed by atoms with Crippen molar-refractivity contribution in [2.24, 2.45) is 0 Å². The molecule has 0 atom stereocenters. The van der Waals surface area contributed by atoms with E-state index in [2.05, 4.69) is 22.9 Å². The van der Waals surface area contributed by atoms with Crippen LogP contribution in [0.3, 0.4) is 0 Å². The Bertz CT molecular complexity index is 396. The van der Waals surface area contributed by atoms with Gasteiger partial charge < -0.3 is 16.0 Å². The molecule has 3 N–H and O–H groups in total. The lowest BCUT2D eigenvalue weighted by Gasteiger charge is -2.20. The fourth-order valence-corrected chi connectivity index (χ4v) is 1.53. The maximum atomic E-state index is 11.7. The van der Waals surface area contributed by atoms with Crippen LogP contribution in [0.25, 0.3) is 0 Å². The second-order valence-electron chi connectivity index (χ2n) is 5.31. The van der Waals surface area contributed by atoms with Gasteiger partial charge in [-0.15, -0.1) is 0 Å². The molecule has 4 nitrogen and oxygen atoms in total. The summed E-state index contributed by atoms with van der Waals surface area (Å²) in [6, 6.07) is 7.67. The Balaban J connectivity index is 2.59. The lowest BCUT2D eigenvalue weighted by molar-refractivity contribution is 0.244. The van der Waals surface area contributed by atoms with Crippen molar-refractivity contribution < 1.29 is 4.79 Å². The van der Waals surface area contributed by atoms with E-state index < -0.39 is 0 Å². The third-order valence-corrected chi connectivity index (χ3v) is 2.25. The average Bonchev–Trinajstić information content (AvgIpc) is 2.24. The van der Waals surface area contributed by atoms with E-state index in [0.717, 1.165) is 24.3 Å². The first-order valence-corrected chi connectivity index (χ1v) is 6.29. The third-order valence-electron chi connectivity index (χ3n) is 2.25. The Kier molecular flexibility index (Phi) is 5.16. The molecule has 18 heavy (non-hydrogen) atoms. The largest absolute Gasteiger partial charge is 0.333 e. The van der Waals surface area contributed by atoms with Gasteiger partial charge in [-0.05, 0) is 45.0 Å². The van der Waals surface area contributed by atoms with E-state index in [1.807, 2.05) is 45.0 Å². The SMILES string of the molecule is CCNCc1cccc(NC(=O)NC(C)(C)C)c1. The smallest absolute Gasteiger partial charge is 0.319 e. The Morgan fingerprint density at radius 1 is 1.28 bits per heavy atom. The highest BCUT2D eigenvalue weighted by atomic mass is 16.2. The molecular weight excluding hydrogens is 226 g/mol. The molecule has 0 radical (unpaired) electrons. The van der Waals surface area contributed by atoms with Crippen molar-refractivity contribution >= 4 is 11.7 Å². The summed E-state index contributed by atoms with van der Waals surface area (Å²) in [5.41, 5.74) is 1.74. The molecule has 0 bridgehead atoms. The minimum Gasteiger partial charge on any atom is -0.333 e. The monoisotopic (exact) mass is 249 g/mol. The zero-order valence-electron chi connectivity index (χ0n) is 11.6. The van der Waals surface area contributed by atoms with E-state index in [0.29, 0.717) is 0 Å². The maximum Gasteiger partial charge on any atom is 0.319 e. The van der Waals surface area contributed by atoms with Crippen molar-refractivity contribution in [1.29, 1.82) is 0 Å². The standard InChI is InChI=1S/C14H23N3O/c1-5-15-10-11-7-6-8-12(9-11)16-13(18)17-14(2,3)4/h6-9,15H,5,10H2,1-4H3,(H2,16,17,18). The number of hydrogen-bond acceptors (Lipinski definition) is 2. The van der Waals surface area contributed by atoms with Gasteiger partial charge in [0.15, 0.2) is 0 Å². The van der Waals surface area contributed by atoms with Crippen molar-refractivity contribution in [3.8, 4) is 0 Å². The molecule has 0 aliphatic rings. The van der Waals surface area contributed by atoms with Gasteiger partial charge in [0.1, 0.15) is 0 Å². The van der Waals surface area contributed by atoms with E-state index in [1.165, 1.54) is 0 Å². The van der Waals surface area contributed by atoms with E-state index >= 15 is 0 Å². The Labute approximate surface area is 109 Å². The fraction of sp³-hybridized carbons (Fsp3) is 0.500. The minimum atomic E-state index is -0.231. The molecule has 100 valence electrons. The summed E-state index contributed by atoms with van der Waals surface area (Å²) in [6.07, 6.45) is 0. The van der Waals surface area contributed by atoms with E-state index in [4.69, 9.17) is 0 Å². The van der Waals surface area contributed by atoms with Crippen molar-refractivity contribution in [2.45, 2.75) is 39.8 Å². The quantitative estimate of drug-likeness (QED) is 0.768. The number of nitrogens with one attached hydrogen (secondary N) is 3. The van der Waals surface area contributed by atoms with Gasteiger partial charge in [-0.3, -0.25) is 0 Å². The van der Waals surface area contributed by atoms with Crippen LogP contribution >= 0.6 is 0 Å². The fourth-order valence-electron chi connectivity index (χ4n) is 1.53. The van der Waals surface area contributed by atoms with Gasteiger partial charge in [0, 0.05) is 17.8 Å². The molecule has 1 rings (SSSR count). The van der Waals surface area contributed by atoms with Crippen molar-refractivity contribution in [1.82, 2.24) is 10.6 Å². The number of benzene rings is 1. The normalized spacial score (nSPS) is 11.1. The number of carbonyl (C=O) groups is 1. The number of rotatable bonds is 4. The Hall–Kier alpha value is -1.55. The van der Waals surface area contributed by atoms with E-state index in [-0.39, 0.29) is 11.6 Å². The number of anilines is 1. The van der Waals surface area contributed by atoms with Crippen LogP contribution in [0.15, 0.2) is 24.3 Å². The Morgan fingerprint density at radius 2 is 2.00 bits per heavy atom. The highest BCUT2D eigenvalue weighted by Gasteiger charge is 2.13. The minimum absolute atomic E-state index is 0.178. The van der Waals surface area contributed by atoms with Crippen LogP contribution in [0.5, 0.6) is 0 Å². The van der Waals surface area contributed by atoms with E-state index in [9.17, 15) is 4.79 Å². The Morgan fingerprint density at radius 3 is 2.61 bits per heavy atom. The van der Waals surface area contributed by atoms with Gasteiger partial charge in [-0.25, -0.2) is 4.79 Å². The summed E-state index contributed by atoms with van der Waals surface area (Å²) in [6.45, 7) is 9.67. The predicted octanol–water partition coefficient (Wildman–Crippen LogP) is 2.72. The van der Waals surface area contributed by atoms with Gasteiger partial charge in [0.05, 0.1) is 0 Å². The zero-order chi connectivity index (χ0) is 13.6. The van der Waals surface area contributed by atoms with Gasteiger partial charge >= 0.3 is 6.03 Å². The third kappa shape index (κ3) is 5.68. The molecule has 0 spiro atoms. The maximum absolute atomic E-state index is 11.7. The molecule has 0 aliphatic heterocycles. The second-order valence-corrected chi connectivity index (χ2v) is 5.31. The highest BCUT2D eigenvalue weighted by molar-refractivity contribution is 5.89. The van der Waals surface area contributed by atoms with Gasteiger partial charge in [0.25, 0.3) is 0 Å². The highest BCUT2D eigenvalue weighted by Crippen LogP contribution is 2.11. The molecule has 0 unspecified atom stereocenters. The number of amides is 2. The summed E-state index contributed by atoms with van der Waals surface area (Å²) in [7, 11) is 0. The summed E-state index contributed by atoms with van der Waals surface area (Å²) in [4.78, 5) is 11.7.